The molecule has 0 saturated carbocycles. The molecule has 0 fully saturated rings. The lowest BCUT2D eigenvalue weighted by Crippen LogP contribution is -2.42. The van der Waals surface area contributed by atoms with Crippen LogP contribution in [0, 0.1) is 0 Å². The van der Waals surface area contributed by atoms with Gasteiger partial charge in [-0.25, -0.2) is 0 Å². The lowest BCUT2D eigenvalue weighted by molar-refractivity contribution is 0.0828. The second kappa shape index (κ2) is 6.67. The van der Waals surface area contributed by atoms with Gasteiger partial charge in [-0.05, 0) is 24.6 Å². The molecule has 4 heteroatoms. The zero-order valence-corrected chi connectivity index (χ0v) is 12.9. The fraction of sp³-hybridized carbons (Fsp3) is 0.211. The molecule has 2 N–H and O–H groups in total. The van der Waals surface area contributed by atoms with E-state index in [0.29, 0.717) is 12.0 Å². The third-order valence-corrected chi connectivity index (χ3v) is 3.87. The molecule has 0 spiro atoms. The second-order valence-electron chi connectivity index (χ2n) is 5.67. The normalized spacial score (nSPS) is 13.7. The molecule has 2 aromatic carbocycles. The Bertz CT molecular complexity index is 761. The molecule has 0 radical (unpaired) electrons. The fourth-order valence-electron chi connectivity index (χ4n) is 2.50. The molecule has 2 atom stereocenters. The van der Waals surface area contributed by atoms with Crippen LogP contribution in [0.2, 0.25) is 0 Å². The molecule has 1 aromatic heterocycles. The highest BCUT2D eigenvalue weighted by Crippen LogP contribution is 2.19. The average Bonchev–Trinajstić information content (AvgIpc) is 3.00. The summed E-state index contributed by atoms with van der Waals surface area (Å²) in [5.41, 5.74) is 1.71. The van der Waals surface area contributed by atoms with E-state index in [1.807, 2.05) is 54.6 Å². The third kappa shape index (κ3) is 3.60. The number of benzene rings is 2. The number of rotatable bonds is 5. The quantitative estimate of drug-likeness (QED) is 0.761. The Kier molecular flexibility index (Phi) is 4.44. The summed E-state index contributed by atoms with van der Waals surface area (Å²) in [5, 5.41) is 13.9. The van der Waals surface area contributed by atoms with Gasteiger partial charge in [-0.2, -0.15) is 0 Å². The number of nitrogens with one attached hydrogen (secondary N) is 1. The lowest BCUT2D eigenvalue weighted by atomic mass is 10.0. The van der Waals surface area contributed by atoms with E-state index >= 15 is 0 Å². The number of carbonyl (C=O) groups excluding carboxylic acids is 1. The van der Waals surface area contributed by atoms with Gasteiger partial charge in [0, 0.05) is 11.8 Å². The molecule has 118 valence electrons. The molecule has 0 saturated heterocycles. The van der Waals surface area contributed by atoms with Crippen LogP contribution in [-0.2, 0) is 6.42 Å². The number of hydrogen-bond donors (Lipinski definition) is 2. The van der Waals surface area contributed by atoms with Crippen LogP contribution in [0.25, 0.3) is 11.0 Å². The maximum Gasteiger partial charge on any atom is 0.287 e. The standard InChI is InChI=1S/C19H19NO3/c1-13(16(21)11-14-7-3-2-4-8-14)20-19(22)18-12-15-9-5-6-10-17(15)23-18/h2-10,12-13,16,21H,11H2,1H3,(H,20,22). The lowest BCUT2D eigenvalue weighted by Gasteiger charge is -2.19. The van der Waals surface area contributed by atoms with Gasteiger partial charge in [-0.3, -0.25) is 4.79 Å². The van der Waals surface area contributed by atoms with Crippen LogP contribution in [0.15, 0.2) is 65.1 Å². The minimum absolute atomic E-state index is 0.255. The first-order valence-electron chi connectivity index (χ1n) is 7.65. The van der Waals surface area contributed by atoms with E-state index in [1.54, 1.807) is 13.0 Å². The van der Waals surface area contributed by atoms with Crippen molar-refractivity contribution < 1.29 is 14.3 Å². The Morgan fingerprint density at radius 1 is 1.13 bits per heavy atom. The molecule has 0 aliphatic heterocycles. The van der Waals surface area contributed by atoms with Gasteiger partial charge < -0.3 is 14.8 Å². The van der Waals surface area contributed by atoms with Crippen molar-refractivity contribution in [2.24, 2.45) is 0 Å². The molecule has 3 rings (SSSR count). The summed E-state index contributed by atoms with van der Waals surface area (Å²) in [7, 11) is 0. The van der Waals surface area contributed by atoms with E-state index in [2.05, 4.69) is 5.32 Å². The van der Waals surface area contributed by atoms with Crippen molar-refractivity contribution in [1.82, 2.24) is 5.32 Å². The van der Waals surface area contributed by atoms with Crippen molar-refractivity contribution in [3.8, 4) is 0 Å². The van der Waals surface area contributed by atoms with Crippen LogP contribution in [0.5, 0.6) is 0 Å². The van der Waals surface area contributed by atoms with Crippen LogP contribution in [-0.4, -0.2) is 23.2 Å². The van der Waals surface area contributed by atoms with Crippen LogP contribution < -0.4 is 5.32 Å². The van der Waals surface area contributed by atoms with E-state index in [4.69, 9.17) is 4.42 Å². The van der Waals surface area contributed by atoms with Gasteiger partial charge in [0.1, 0.15) is 5.58 Å². The van der Waals surface area contributed by atoms with Crippen molar-refractivity contribution in [1.29, 1.82) is 0 Å². The van der Waals surface area contributed by atoms with Crippen molar-refractivity contribution in [2.75, 3.05) is 0 Å². The Morgan fingerprint density at radius 2 is 1.83 bits per heavy atom. The van der Waals surface area contributed by atoms with Gasteiger partial charge in [0.05, 0.1) is 12.1 Å². The summed E-state index contributed by atoms with van der Waals surface area (Å²) in [6.45, 7) is 1.79. The minimum atomic E-state index is -0.661. The van der Waals surface area contributed by atoms with Crippen LogP contribution in [0.1, 0.15) is 23.0 Å². The minimum Gasteiger partial charge on any atom is -0.451 e. The molecule has 4 nitrogen and oxygen atoms in total. The monoisotopic (exact) mass is 309 g/mol. The predicted octanol–water partition coefficient (Wildman–Crippen LogP) is 3.15. The van der Waals surface area contributed by atoms with Crippen molar-refractivity contribution in [3.05, 3.63) is 72.0 Å². The number of aliphatic hydroxyl groups is 1. The molecule has 0 aliphatic carbocycles. The molecule has 0 aliphatic rings. The zero-order chi connectivity index (χ0) is 16.2. The van der Waals surface area contributed by atoms with Crippen LogP contribution in [0.3, 0.4) is 0 Å². The smallest absolute Gasteiger partial charge is 0.287 e. The largest absolute Gasteiger partial charge is 0.451 e. The maximum absolute atomic E-state index is 12.3. The summed E-state index contributed by atoms with van der Waals surface area (Å²) in [6.07, 6.45) is -0.173. The van der Waals surface area contributed by atoms with Crippen LogP contribution in [0.4, 0.5) is 0 Å². The van der Waals surface area contributed by atoms with Crippen molar-refractivity contribution in [2.45, 2.75) is 25.5 Å². The number of furan rings is 1. The molecule has 2 unspecified atom stereocenters. The highest BCUT2D eigenvalue weighted by atomic mass is 16.3. The van der Waals surface area contributed by atoms with Crippen molar-refractivity contribution >= 4 is 16.9 Å². The molecule has 0 bridgehead atoms. The number of fused-ring (bicyclic) bond motifs is 1. The van der Waals surface area contributed by atoms with Gasteiger partial charge in [0.15, 0.2) is 5.76 Å². The predicted molar refractivity (Wildman–Crippen MR) is 89.3 cm³/mol. The van der Waals surface area contributed by atoms with Gasteiger partial charge in [0.25, 0.3) is 5.91 Å². The molecular weight excluding hydrogens is 290 g/mol. The molecule has 23 heavy (non-hydrogen) atoms. The second-order valence-corrected chi connectivity index (χ2v) is 5.67. The Labute approximate surface area is 134 Å². The number of carbonyl (C=O) groups is 1. The molecule has 1 amide bonds. The van der Waals surface area contributed by atoms with Crippen molar-refractivity contribution in [3.63, 3.8) is 0 Å². The summed E-state index contributed by atoms with van der Waals surface area (Å²) >= 11 is 0. The first-order chi connectivity index (χ1) is 11.1. The Hall–Kier alpha value is -2.59. The third-order valence-electron chi connectivity index (χ3n) is 3.87. The van der Waals surface area contributed by atoms with Gasteiger partial charge >= 0.3 is 0 Å². The molecular formula is C19H19NO3. The van der Waals surface area contributed by atoms with Gasteiger partial charge in [0.2, 0.25) is 0 Å². The number of aliphatic hydroxyl groups excluding tert-OH is 1. The first-order valence-corrected chi connectivity index (χ1v) is 7.65. The SMILES string of the molecule is CC(NC(=O)c1cc2ccccc2o1)C(O)Cc1ccccc1. The van der Waals surface area contributed by atoms with E-state index in [0.717, 1.165) is 10.9 Å². The van der Waals surface area contributed by atoms with E-state index in [1.165, 1.54) is 0 Å². The van der Waals surface area contributed by atoms with E-state index < -0.39 is 6.10 Å². The summed E-state index contributed by atoms with van der Waals surface area (Å²) in [4.78, 5) is 12.3. The summed E-state index contributed by atoms with van der Waals surface area (Å²) < 4.78 is 5.54. The summed E-state index contributed by atoms with van der Waals surface area (Å²) in [5.74, 6) is -0.0641. The zero-order valence-electron chi connectivity index (χ0n) is 12.9. The van der Waals surface area contributed by atoms with Gasteiger partial charge in [-0.15, -0.1) is 0 Å². The number of hydrogen-bond acceptors (Lipinski definition) is 3. The molecule has 3 aromatic rings. The first kappa shape index (κ1) is 15.3. The summed E-state index contributed by atoms with van der Waals surface area (Å²) in [6, 6.07) is 18.5. The average molecular weight is 309 g/mol. The van der Waals surface area contributed by atoms with E-state index in [-0.39, 0.29) is 17.7 Å². The highest BCUT2D eigenvalue weighted by Gasteiger charge is 2.20. The maximum atomic E-state index is 12.3. The Balaban J connectivity index is 1.64. The Morgan fingerprint density at radius 3 is 2.57 bits per heavy atom. The fourth-order valence-corrected chi connectivity index (χ4v) is 2.50. The molecule has 1 heterocycles. The highest BCUT2D eigenvalue weighted by molar-refractivity contribution is 5.96. The van der Waals surface area contributed by atoms with Crippen LogP contribution >= 0.6 is 0 Å². The van der Waals surface area contributed by atoms with E-state index in [9.17, 15) is 9.90 Å². The van der Waals surface area contributed by atoms with Gasteiger partial charge in [-0.1, -0.05) is 48.5 Å². The number of amides is 1. The topological polar surface area (TPSA) is 62.5 Å². The number of para-hydroxylation sites is 1.